The number of Topliss-reactive ketones (excluding diaryl/α,β-unsaturated/α-hetero) is 1. The Labute approximate surface area is 94.2 Å². The van der Waals surface area contributed by atoms with Crippen LogP contribution in [0.15, 0.2) is 17.3 Å². The number of rotatable bonds is 2. The van der Waals surface area contributed by atoms with Crippen molar-refractivity contribution in [3.8, 4) is 0 Å². The van der Waals surface area contributed by atoms with Crippen LogP contribution < -0.4 is 0 Å². The molecule has 0 amide bonds. The first-order chi connectivity index (χ1) is 7.15. The summed E-state index contributed by atoms with van der Waals surface area (Å²) in [6.45, 7) is 2.24. The second kappa shape index (κ2) is 4.39. The lowest BCUT2D eigenvalue weighted by molar-refractivity contribution is -0.120. The van der Waals surface area contributed by atoms with Gasteiger partial charge in [0.2, 0.25) is 0 Å². The molecule has 0 N–H and O–H groups in total. The molecule has 0 spiro atoms. The summed E-state index contributed by atoms with van der Waals surface area (Å²) in [6, 6.07) is 0. The fourth-order valence-corrected chi connectivity index (χ4v) is 3.20. The van der Waals surface area contributed by atoms with Crippen molar-refractivity contribution in [1.29, 1.82) is 0 Å². The fourth-order valence-electron chi connectivity index (χ4n) is 1.89. The van der Waals surface area contributed by atoms with E-state index in [9.17, 15) is 4.79 Å². The van der Waals surface area contributed by atoms with Crippen LogP contribution in [0, 0.1) is 5.92 Å². The molecule has 2 unspecified atom stereocenters. The van der Waals surface area contributed by atoms with E-state index in [1.807, 2.05) is 19.4 Å². The molecule has 1 aromatic heterocycles. The number of ketones is 1. The van der Waals surface area contributed by atoms with Crippen molar-refractivity contribution in [3.63, 3.8) is 0 Å². The van der Waals surface area contributed by atoms with Crippen LogP contribution in [0.5, 0.6) is 0 Å². The molecule has 0 saturated heterocycles. The van der Waals surface area contributed by atoms with Gasteiger partial charge in [-0.2, -0.15) is 5.10 Å². The quantitative estimate of drug-likeness (QED) is 0.773. The van der Waals surface area contributed by atoms with Crippen molar-refractivity contribution in [3.05, 3.63) is 12.4 Å². The molecule has 1 fully saturated rings. The Morgan fingerprint density at radius 2 is 2.40 bits per heavy atom. The number of aromatic nitrogens is 2. The Hall–Kier alpha value is -0.770. The summed E-state index contributed by atoms with van der Waals surface area (Å²) in [6.07, 6.45) is 6.41. The van der Waals surface area contributed by atoms with Crippen LogP contribution in [0.1, 0.15) is 26.2 Å². The van der Waals surface area contributed by atoms with Gasteiger partial charge in [-0.15, -0.1) is 11.8 Å². The number of hydrogen-bond acceptors (Lipinski definition) is 3. The van der Waals surface area contributed by atoms with E-state index in [0.29, 0.717) is 17.0 Å². The number of thioether (sulfide) groups is 1. The first kappa shape index (κ1) is 10.7. The van der Waals surface area contributed by atoms with Crippen molar-refractivity contribution in [2.45, 2.75) is 36.3 Å². The first-order valence-electron chi connectivity index (χ1n) is 5.32. The minimum atomic E-state index is 0.412. The molecule has 0 aromatic carbocycles. The number of carbonyl (C=O) groups excluding carboxylic acids is 1. The summed E-state index contributed by atoms with van der Waals surface area (Å²) < 4.78 is 1.80. The van der Waals surface area contributed by atoms with E-state index >= 15 is 0 Å². The van der Waals surface area contributed by atoms with Gasteiger partial charge in [0, 0.05) is 36.2 Å². The third-order valence-corrected chi connectivity index (χ3v) is 4.33. The Balaban J connectivity index is 2.01. The molecule has 3 nitrogen and oxygen atoms in total. The minimum Gasteiger partial charge on any atom is -0.300 e. The van der Waals surface area contributed by atoms with Gasteiger partial charge in [0.15, 0.2) is 0 Å². The highest BCUT2D eigenvalue weighted by molar-refractivity contribution is 8.00. The fraction of sp³-hybridized carbons (Fsp3) is 0.636. The number of nitrogens with zero attached hydrogens (tertiary/aromatic N) is 2. The molecule has 82 valence electrons. The van der Waals surface area contributed by atoms with E-state index < -0.39 is 0 Å². The van der Waals surface area contributed by atoms with Crippen molar-refractivity contribution >= 4 is 17.5 Å². The van der Waals surface area contributed by atoms with E-state index in [1.54, 1.807) is 16.4 Å². The first-order valence-corrected chi connectivity index (χ1v) is 6.20. The van der Waals surface area contributed by atoms with Gasteiger partial charge in [0.05, 0.1) is 6.20 Å². The average Bonchev–Trinajstić information content (AvgIpc) is 2.58. The molecule has 1 saturated carbocycles. The largest absolute Gasteiger partial charge is 0.300 e. The van der Waals surface area contributed by atoms with E-state index in [4.69, 9.17) is 0 Å². The maximum Gasteiger partial charge on any atom is 0.134 e. The van der Waals surface area contributed by atoms with Crippen molar-refractivity contribution in [2.24, 2.45) is 13.0 Å². The third kappa shape index (κ3) is 2.62. The summed E-state index contributed by atoms with van der Waals surface area (Å²) in [5.41, 5.74) is 0. The third-order valence-electron chi connectivity index (χ3n) is 2.91. The standard InChI is InChI=1S/C11H16N2OS/c1-8-3-4-9(14)5-11(8)15-10-6-12-13(2)7-10/h6-8,11H,3-5H2,1-2H3. The Kier molecular flexibility index (Phi) is 3.14. The van der Waals surface area contributed by atoms with Gasteiger partial charge < -0.3 is 0 Å². The van der Waals surface area contributed by atoms with Gasteiger partial charge >= 0.3 is 0 Å². The SMILES string of the molecule is CC1CCC(=O)CC1Sc1cnn(C)c1. The van der Waals surface area contributed by atoms with Crippen molar-refractivity contribution in [2.75, 3.05) is 0 Å². The zero-order valence-electron chi connectivity index (χ0n) is 9.14. The van der Waals surface area contributed by atoms with Crippen LogP contribution in [0.2, 0.25) is 0 Å². The lowest BCUT2D eigenvalue weighted by atomic mass is 9.89. The lowest BCUT2D eigenvalue weighted by Gasteiger charge is -2.26. The topological polar surface area (TPSA) is 34.9 Å². The zero-order chi connectivity index (χ0) is 10.8. The van der Waals surface area contributed by atoms with Gasteiger partial charge in [-0.3, -0.25) is 9.48 Å². The second-order valence-corrected chi connectivity index (χ2v) is 5.58. The monoisotopic (exact) mass is 224 g/mol. The molecule has 1 heterocycles. The van der Waals surface area contributed by atoms with Gasteiger partial charge in [-0.05, 0) is 12.3 Å². The molecule has 2 rings (SSSR count). The predicted molar refractivity (Wildman–Crippen MR) is 60.9 cm³/mol. The van der Waals surface area contributed by atoms with Crippen LogP contribution >= 0.6 is 11.8 Å². The summed E-state index contributed by atoms with van der Waals surface area (Å²) in [4.78, 5) is 12.6. The lowest BCUT2D eigenvalue weighted by Crippen LogP contribution is -2.24. The van der Waals surface area contributed by atoms with Gasteiger partial charge in [-0.1, -0.05) is 6.92 Å². The van der Waals surface area contributed by atoms with Crippen LogP contribution in [-0.4, -0.2) is 20.8 Å². The van der Waals surface area contributed by atoms with E-state index in [-0.39, 0.29) is 0 Å². The summed E-state index contributed by atoms with van der Waals surface area (Å²) in [7, 11) is 1.92. The normalized spacial score (nSPS) is 26.9. The van der Waals surface area contributed by atoms with Gasteiger partial charge in [0.1, 0.15) is 5.78 Å². The van der Waals surface area contributed by atoms with E-state index in [2.05, 4.69) is 12.0 Å². The molecule has 4 heteroatoms. The maximum atomic E-state index is 11.4. The second-order valence-electron chi connectivity index (χ2n) is 4.26. The van der Waals surface area contributed by atoms with Crippen LogP contribution in [0.4, 0.5) is 0 Å². The number of aryl methyl sites for hydroxylation is 1. The summed E-state index contributed by atoms with van der Waals surface area (Å²) in [5, 5.41) is 4.58. The average molecular weight is 224 g/mol. The van der Waals surface area contributed by atoms with Gasteiger partial charge in [0.25, 0.3) is 0 Å². The molecule has 1 aliphatic rings. The highest BCUT2D eigenvalue weighted by Crippen LogP contribution is 2.35. The summed E-state index contributed by atoms with van der Waals surface area (Å²) in [5.74, 6) is 1.04. The van der Waals surface area contributed by atoms with E-state index in [0.717, 1.165) is 19.3 Å². The molecule has 0 radical (unpaired) electrons. The highest BCUT2D eigenvalue weighted by Gasteiger charge is 2.27. The molecule has 1 aromatic rings. The summed E-state index contributed by atoms with van der Waals surface area (Å²) >= 11 is 1.79. The van der Waals surface area contributed by atoms with E-state index in [1.165, 1.54) is 4.90 Å². The van der Waals surface area contributed by atoms with Crippen LogP contribution in [0.25, 0.3) is 0 Å². The molecule has 0 bridgehead atoms. The van der Waals surface area contributed by atoms with Crippen molar-refractivity contribution in [1.82, 2.24) is 9.78 Å². The Bertz CT molecular complexity index is 361. The highest BCUT2D eigenvalue weighted by atomic mass is 32.2. The van der Waals surface area contributed by atoms with Crippen molar-refractivity contribution < 1.29 is 4.79 Å². The predicted octanol–water partition coefficient (Wildman–Crippen LogP) is 2.27. The molecular formula is C11H16N2OS. The number of hydrogen-bond donors (Lipinski definition) is 0. The smallest absolute Gasteiger partial charge is 0.134 e. The molecule has 15 heavy (non-hydrogen) atoms. The zero-order valence-corrected chi connectivity index (χ0v) is 9.96. The molecule has 1 aliphatic carbocycles. The molecule has 2 atom stereocenters. The van der Waals surface area contributed by atoms with Crippen LogP contribution in [0.3, 0.4) is 0 Å². The Morgan fingerprint density at radius 3 is 3.07 bits per heavy atom. The minimum absolute atomic E-state index is 0.412. The number of carbonyl (C=O) groups is 1. The molecule has 0 aliphatic heterocycles. The maximum absolute atomic E-state index is 11.4. The van der Waals surface area contributed by atoms with Gasteiger partial charge in [-0.25, -0.2) is 0 Å². The molecular weight excluding hydrogens is 208 g/mol. The Morgan fingerprint density at radius 1 is 1.60 bits per heavy atom. The van der Waals surface area contributed by atoms with Crippen LogP contribution in [-0.2, 0) is 11.8 Å².